The number of carbonyl (C=O) groups excluding carboxylic acids is 2. The number of hydrogen-bond acceptors (Lipinski definition) is 4. The van der Waals surface area contributed by atoms with Crippen molar-refractivity contribution in [1.29, 1.82) is 0 Å². The lowest BCUT2D eigenvalue weighted by atomic mass is 10.0. The fraction of sp³-hybridized carbons (Fsp3) is 0.226. The summed E-state index contributed by atoms with van der Waals surface area (Å²) in [5.41, 5.74) is 7.77. The highest BCUT2D eigenvalue weighted by molar-refractivity contribution is 7.18. The monoisotopic (exact) mass is 522 g/mol. The molecule has 0 saturated carbocycles. The fourth-order valence-electron chi connectivity index (χ4n) is 5.29. The zero-order chi connectivity index (χ0) is 26.4. The van der Waals surface area contributed by atoms with Crippen molar-refractivity contribution in [2.45, 2.75) is 13.8 Å². The molecule has 38 heavy (non-hydrogen) atoms. The molecule has 4 aromatic rings. The van der Waals surface area contributed by atoms with Crippen LogP contribution in [0, 0.1) is 13.8 Å². The number of rotatable bonds is 4. The maximum Gasteiger partial charge on any atom is 0.256 e. The molecule has 0 spiro atoms. The molecule has 0 aliphatic carbocycles. The van der Waals surface area contributed by atoms with Gasteiger partial charge in [0.1, 0.15) is 0 Å². The summed E-state index contributed by atoms with van der Waals surface area (Å²) in [6.45, 7) is 7.09. The van der Waals surface area contributed by atoms with Crippen molar-refractivity contribution >= 4 is 40.5 Å². The van der Waals surface area contributed by atoms with E-state index in [1.54, 1.807) is 11.3 Å². The van der Waals surface area contributed by atoms with Crippen molar-refractivity contribution in [2.75, 3.05) is 38.5 Å². The summed E-state index contributed by atoms with van der Waals surface area (Å²) < 4.78 is 0. The van der Waals surface area contributed by atoms with Crippen molar-refractivity contribution < 1.29 is 9.59 Å². The van der Waals surface area contributed by atoms with Gasteiger partial charge in [0.05, 0.1) is 11.1 Å². The van der Waals surface area contributed by atoms with Crippen LogP contribution < -0.4 is 5.32 Å². The summed E-state index contributed by atoms with van der Waals surface area (Å²) >= 11 is 1.74. The average Bonchev–Trinajstić information content (AvgIpc) is 3.61. The summed E-state index contributed by atoms with van der Waals surface area (Å²) in [6, 6.07) is 20.7. The van der Waals surface area contributed by atoms with Gasteiger partial charge in [-0.1, -0.05) is 36.4 Å². The molecule has 1 saturated heterocycles. The summed E-state index contributed by atoms with van der Waals surface area (Å²) in [5.74, 6) is -0.0774. The fourth-order valence-corrected chi connectivity index (χ4v) is 6.29. The van der Waals surface area contributed by atoms with Crippen LogP contribution in [0.2, 0.25) is 0 Å². The predicted octanol–water partition coefficient (Wildman–Crippen LogP) is 5.91. The number of thiophene rings is 1. The van der Waals surface area contributed by atoms with Crippen molar-refractivity contribution in [1.82, 2.24) is 14.8 Å². The third-order valence-electron chi connectivity index (χ3n) is 7.52. The number of piperazine rings is 1. The Morgan fingerprint density at radius 2 is 1.63 bits per heavy atom. The first-order valence-corrected chi connectivity index (χ1v) is 13.7. The molecule has 7 heteroatoms. The summed E-state index contributed by atoms with van der Waals surface area (Å²) in [7, 11) is 2.08. The zero-order valence-corrected chi connectivity index (χ0v) is 22.6. The number of aryl methyl sites for hydroxylation is 1. The topological polar surface area (TPSA) is 68.4 Å². The van der Waals surface area contributed by atoms with Crippen LogP contribution in [0.5, 0.6) is 0 Å². The molecular weight excluding hydrogens is 492 g/mol. The van der Waals surface area contributed by atoms with Crippen LogP contribution in [0.25, 0.3) is 32.5 Å². The van der Waals surface area contributed by atoms with Gasteiger partial charge in [-0.3, -0.25) is 9.59 Å². The number of carbonyl (C=O) groups is 2. The molecule has 0 atom stereocenters. The summed E-state index contributed by atoms with van der Waals surface area (Å²) in [4.78, 5) is 36.3. The predicted molar refractivity (Wildman–Crippen MR) is 155 cm³/mol. The van der Waals surface area contributed by atoms with Crippen LogP contribution in [-0.2, 0) is 4.79 Å². The molecule has 1 fully saturated rings. The highest BCUT2D eigenvalue weighted by Gasteiger charge is 2.28. The Hall–Kier alpha value is -3.94. The first kappa shape index (κ1) is 24.4. The van der Waals surface area contributed by atoms with E-state index in [2.05, 4.69) is 58.6 Å². The minimum absolute atomic E-state index is 0.0551. The first-order chi connectivity index (χ1) is 18.4. The molecule has 6 rings (SSSR count). The molecular formula is C31H30N4O2S. The number of hydrogen-bond donors (Lipinski definition) is 2. The van der Waals surface area contributed by atoms with E-state index in [0.717, 1.165) is 64.8 Å². The van der Waals surface area contributed by atoms with E-state index in [9.17, 15) is 9.59 Å². The maximum atomic E-state index is 13.4. The second-order valence-electron chi connectivity index (χ2n) is 10.1. The Morgan fingerprint density at radius 3 is 2.37 bits per heavy atom. The van der Waals surface area contributed by atoms with Crippen molar-refractivity contribution in [3.05, 3.63) is 88.7 Å². The number of aromatic nitrogens is 1. The largest absolute Gasteiger partial charge is 0.358 e. The zero-order valence-electron chi connectivity index (χ0n) is 21.8. The van der Waals surface area contributed by atoms with Crippen LogP contribution in [0.4, 0.5) is 5.69 Å². The van der Waals surface area contributed by atoms with Gasteiger partial charge in [-0.15, -0.1) is 11.3 Å². The number of aromatic amines is 1. The standard InChI is InChI=1S/C31H30N4O2S/c1-19-26(32-20(2)29(19)31(37)35-15-13-34(3)14-16-35)18-24-23-17-22(9-10-25(23)33-30(24)36)28-12-11-27(38-28)21-7-5-4-6-8-21/h4-12,17-18,32H,13-16H2,1-3H3,(H,33,36)/b24-18-. The Labute approximate surface area is 226 Å². The highest BCUT2D eigenvalue weighted by Crippen LogP contribution is 2.40. The minimum Gasteiger partial charge on any atom is -0.358 e. The quantitative estimate of drug-likeness (QED) is 0.328. The smallest absolute Gasteiger partial charge is 0.256 e. The van der Waals surface area contributed by atoms with Gasteiger partial charge >= 0.3 is 0 Å². The molecule has 0 bridgehead atoms. The third kappa shape index (κ3) is 4.38. The Morgan fingerprint density at radius 1 is 0.921 bits per heavy atom. The number of nitrogens with zero attached hydrogens (tertiary/aromatic N) is 2. The van der Waals surface area contributed by atoms with Gasteiger partial charge in [-0.2, -0.15) is 0 Å². The van der Waals surface area contributed by atoms with Gasteiger partial charge in [0.15, 0.2) is 0 Å². The Balaban J connectivity index is 1.32. The Kier molecular flexibility index (Phi) is 6.26. The van der Waals surface area contributed by atoms with Gasteiger partial charge in [-0.05, 0) is 67.9 Å². The van der Waals surface area contributed by atoms with E-state index in [-0.39, 0.29) is 11.8 Å². The molecule has 2 amide bonds. The normalized spacial score (nSPS) is 16.7. The lowest BCUT2D eigenvalue weighted by Gasteiger charge is -2.32. The van der Waals surface area contributed by atoms with Gasteiger partial charge in [0.2, 0.25) is 0 Å². The van der Waals surface area contributed by atoms with E-state index < -0.39 is 0 Å². The van der Waals surface area contributed by atoms with Gasteiger partial charge in [0.25, 0.3) is 11.8 Å². The summed E-state index contributed by atoms with van der Waals surface area (Å²) in [6.07, 6.45) is 1.89. The number of nitrogens with one attached hydrogen (secondary N) is 2. The molecule has 192 valence electrons. The van der Waals surface area contributed by atoms with Gasteiger partial charge < -0.3 is 20.1 Å². The molecule has 2 N–H and O–H groups in total. The summed E-state index contributed by atoms with van der Waals surface area (Å²) in [5, 5.41) is 3.00. The lowest BCUT2D eigenvalue weighted by molar-refractivity contribution is -0.110. The lowest BCUT2D eigenvalue weighted by Crippen LogP contribution is -2.47. The third-order valence-corrected chi connectivity index (χ3v) is 8.70. The molecule has 2 aliphatic heterocycles. The maximum absolute atomic E-state index is 13.4. The van der Waals surface area contributed by atoms with Crippen LogP contribution in [0.1, 0.15) is 32.9 Å². The van der Waals surface area contributed by atoms with E-state index >= 15 is 0 Å². The highest BCUT2D eigenvalue weighted by atomic mass is 32.1. The number of anilines is 1. The van der Waals surface area contributed by atoms with Crippen molar-refractivity contribution in [3.63, 3.8) is 0 Å². The molecule has 6 nitrogen and oxygen atoms in total. The van der Waals surface area contributed by atoms with Crippen molar-refractivity contribution in [3.8, 4) is 20.9 Å². The SMILES string of the molecule is Cc1[nH]c(/C=C2\C(=O)Nc3ccc(-c4ccc(-c5ccccc5)s4)cc32)c(C)c1C(=O)N1CCN(C)CC1. The first-order valence-electron chi connectivity index (χ1n) is 12.9. The van der Waals surface area contributed by atoms with Crippen LogP contribution in [0.15, 0.2) is 60.7 Å². The minimum atomic E-state index is -0.132. The number of benzene rings is 2. The second kappa shape index (κ2) is 9.74. The van der Waals surface area contributed by atoms with E-state index in [1.807, 2.05) is 49.1 Å². The van der Waals surface area contributed by atoms with E-state index in [1.165, 1.54) is 10.4 Å². The van der Waals surface area contributed by atoms with Gasteiger partial charge in [-0.25, -0.2) is 0 Å². The van der Waals surface area contributed by atoms with Gasteiger partial charge in [0, 0.05) is 58.6 Å². The molecule has 4 heterocycles. The van der Waals surface area contributed by atoms with Crippen LogP contribution >= 0.6 is 11.3 Å². The van der Waals surface area contributed by atoms with E-state index in [0.29, 0.717) is 11.1 Å². The Bertz CT molecular complexity index is 1570. The molecule has 2 aliphatic rings. The molecule has 0 unspecified atom stereocenters. The molecule has 2 aromatic heterocycles. The van der Waals surface area contributed by atoms with Crippen LogP contribution in [-0.4, -0.2) is 59.8 Å². The number of H-pyrrole nitrogens is 1. The molecule has 0 radical (unpaired) electrons. The molecule has 2 aromatic carbocycles. The van der Waals surface area contributed by atoms with E-state index in [4.69, 9.17) is 0 Å². The second-order valence-corrected chi connectivity index (χ2v) is 11.1. The average molecular weight is 523 g/mol. The number of likely N-dealkylation sites (N-methyl/N-ethyl adjacent to an activating group) is 1. The number of fused-ring (bicyclic) bond motifs is 1. The van der Waals surface area contributed by atoms with Crippen LogP contribution in [0.3, 0.4) is 0 Å². The van der Waals surface area contributed by atoms with Crippen molar-refractivity contribution in [2.24, 2.45) is 0 Å². The number of amides is 2.